The summed E-state index contributed by atoms with van der Waals surface area (Å²) in [6.45, 7) is 3.48. The van der Waals surface area contributed by atoms with Crippen molar-refractivity contribution in [1.82, 2.24) is 10.2 Å². The van der Waals surface area contributed by atoms with Crippen molar-refractivity contribution in [2.45, 2.75) is 6.04 Å². The number of hydrogen-bond donors (Lipinski definition) is 2. The molecule has 0 aliphatic carbocycles. The van der Waals surface area contributed by atoms with Crippen LogP contribution in [0, 0.1) is 0 Å². The summed E-state index contributed by atoms with van der Waals surface area (Å²) in [4.78, 5) is 29.5. The first-order valence-corrected chi connectivity index (χ1v) is 11.5. The number of carbonyl (C=O) groups is 2. The molecule has 0 bridgehead atoms. The quantitative estimate of drug-likeness (QED) is 0.481. The van der Waals surface area contributed by atoms with Gasteiger partial charge in [0.25, 0.3) is 0 Å². The van der Waals surface area contributed by atoms with E-state index in [-0.39, 0.29) is 12.6 Å². The number of hydrogen-bond acceptors (Lipinski definition) is 7. The Morgan fingerprint density at radius 1 is 0.886 bits per heavy atom. The number of nitrogens with zero attached hydrogens (tertiary/aromatic N) is 2. The lowest BCUT2D eigenvalue weighted by molar-refractivity contribution is -0.136. The Hall–Kier alpha value is -3.98. The number of piperazine rings is 1. The summed E-state index contributed by atoms with van der Waals surface area (Å²) < 4.78 is 16.0. The van der Waals surface area contributed by atoms with Gasteiger partial charge in [0.05, 0.1) is 26.5 Å². The van der Waals surface area contributed by atoms with Crippen LogP contribution in [0.15, 0.2) is 71.3 Å². The number of amides is 2. The fourth-order valence-electron chi connectivity index (χ4n) is 4.11. The highest BCUT2D eigenvalue weighted by Gasteiger charge is 2.28. The number of nitrogens with one attached hydrogen (secondary N) is 2. The lowest BCUT2D eigenvalue weighted by Crippen LogP contribution is -2.50. The van der Waals surface area contributed by atoms with E-state index >= 15 is 0 Å². The Labute approximate surface area is 204 Å². The highest BCUT2D eigenvalue weighted by atomic mass is 16.5. The first-order valence-electron chi connectivity index (χ1n) is 11.5. The molecule has 1 fully saturated rings. The van der Waals surface area contributed by atoms with Gasteiger partial charge in [-0.3, -0.25) is 14.5 Å². The van der Waals surface area contributed by atoms with E-state index < -0.39 is 11.8 Å². The van der Waals surface area contributed by atoms with Crippen LogP contribution in [0.3, 0.4) is 0 Å². The molecule has 2 heterocycles. The van der Waals surface area contributed by atoms with Crippen LogP contribution < -0.4 is 25.0 Å². The van der Waals surface area contributed by atoms with Crippen LogP contribution in [-0.2, 0) is 9.59 Å². The van der Waals surface area contributed by atoms with Crippen LogP contribution in [-0.4, -0.2) is 63.7 Å². The molecule has 1 atom stereocenters. The lowest BCUT2D eigenvalue weighted by Gasteiger charge is -2.39. The molecule has 1 aliphatic heterocycles. The average Bonchev–Trinajstić information content (AvgIpc) is 3.44. The van der Waals surface area contributed by atoms with Crippen LogP contribution in [0.4, 0.5) is 11.4 Å². The summed E-state index contributed by atoms with van der Waals surface area (Å²) in [6.07, 6.45) is 1.62. The molecule has 1 saturated heterocycles. The van der Waals surface area contributed by atoms with E-state index in [2.05, 4.69) is 32.6 Å². The summed E-state index contributed by atoms with van der Waals surface area (Å²) in [7, 11) is 3.22. The molecule has 2 N–H and O–H groups in total. The minimum absolute atomic E-state index is 0.180. The Morgan fingerprint density at radius 2 is 1.51 bits per heavy atom. The van der Waals surface area contributed by atoms with E-state index in [1.54, 1.807) is 44.7 Å². The van der Waals surface area contributed by atoms with Crippen molar-refractivity contribution in [3.8, 4) is 11.5 Å². The third kappa shape index (κ3) is 6.13. The zero-order valence-corrected chi connectivity index (χ0v) is 19.9. The minimum Gasteiger partial charge on any atom is -0.497 e. The standard InChI is InChI=1S/C26H30N4O5/c1-33-21-9-5-19(6-10-21)28-26(32)25(31)27-18-23(24-4-3-17-35-24)30-15-13-29(14-16-30)20-7-11-22(34-2)12-8-20/h3-12,17,23H,13-16,18H2,1-2H3,(H,27,31)(H,28,32). The second kappa shape index (κ2) is 11.4. The van der Waals surface area contributed by atoms with Crippen molar-refractivity contribution in [2.75, 3.05) is 57.2 Å². The molecule has 1 aliphatic rings. The average molecular weight is 479 g/mol. The van der Waals surface area contributed by atoms with E-state index in [0.29, 0.717) is 11.4 Å². The monoisotopic (exact) mass is 478 g/mol. The van der Waals surface area contributed by atoms with E-state index in [4.69, 9.17) is 13.9 Å². The summed E-state index contributed by atoms with van der Waals surface area (Å²) in [5.41, 5.74) is 1.66. The number of anilines is 2. The van der Waals surface area contributed by atoms with E-state index in [1.165, 1.54) is 0 Å². The molecule has 2 amide bonds. The first-order chi connectivity index (χ1) is 17.1. The molecule has 1 aromatic heterocycles. The number of carbonyl (C=O) groups excluding carboxylic acids is 2. The number of benzene rings is 2. The molecule has 4 rings (SSSR count). The van der Waals surface area contributed by atoms with Gasteiger partial charge >= 0.3 is 11.8 Å². The van der Waals surface area contributed by atoms with Gasteiger partial charge in [0, 0.05) is 44.1 Å². The highest BCUT2D eigenvalue weighted by molar-refractivity contribution is 6.39. The second-order valence-electron chi connectivity index (χ2n) is 8.14. The molecule has 3 aromatic rings. The van der Waals surface area contributed by atoms with E-state index in [1.807, 2.05) is 24.3 Å². The smallest absolute Gasteiger partial charge is 0.313 e. The summed E-state index contributed by atoms with van der Waals surface area (Å²) in [5.74, 6) is 0.823. The van der Waals surface area contributed by atoms with Gasteiger partial charge in [0.2, 0.25) is 0 Å². The maximum absolute atomic E-state index is 12.5. The molecule has 35 heavy (non-hydrogen) atoms. The Kier molecular flexibility index (Phi) is 7.89. The van der Waals surface area contributed by atoms with Gasteiger partial charge in [-0.25, -0.2) is 0 Å². The van der Waals surface area contributed by atoms with Crippen LogP contribution in [0.1, 0.15) is 11.8 Å². The fraction of sp³-hybridized carbons (Fsp3) is 0.308. The maximum Gasteiger partial charge on any atom is 0.313 e. The van der Waals surface area contributed by atoms with Gasteiger partial charge in [-0.2, -0.15) is 0 Å². The third-order valence-electron chi connectivity index (χ3n) is 6.07. The zero-order chi connectivity index (χ0) is 24.6. The maximum atomic E-state index is 12.5. The van der Waals surface area contributed by atoms with E-state index in [0.717, 1.165) is 43.4 Å². The van der Waals surface area contributed by atoms with Crippen molar-refractivity contribution in [3.05, 3.63) is 72.7 Å². The van der Waals surface area contributed by atoms with Crippen LogP contribution in [0.5, 0.6) is 11.5 Å². The molecule has 184 valence electrons. The van der Waals surface area contributed by atoms with Gasteiger partial charge in [-0.05, 0) is 60.7 Å². The molecule has 1 unspecified atom stereocenters. The Bertz CT molecular complexity index is 1090. The molecule has 2 aromatic carbocycles. The topological polar surface area (TPSA) is 96.3 Å². The van der Waals surface area contributed by atoms with Crippen LogP contribution in [0.25, 0.3) is 0 Å². The molecule has 0 radical (unpaired) electrons. The third-order valence-corrected chi connectivity index (χ3v) is 6.07. The SMILES string of the molecule is COc1ccc(NC(=O)C(=O)NCC(c2ccco2)N2CCN(c3ccc(OC)cc3)CC2)cc1. The highest BCUT2D eigenvalue weighted by Crippen LogP contribution is 2.25. The lowest BCUT2D eigenvalue weighted by atomic mass is 10.1. The number of rotatable bonds is 8. The first kappa shape index (κ1) is 24.2. The molecule has 0 saturated carbocycles. The second-order valence-corrected chi connectivity index (χ2v) is 8.14. The molecule has 9 heteroatoms. The predicted molar refractivity (Wildman–Crippen MR) is 133 cm³/mol. The van der Waals surface area contributed by atoms with Crippen molar-refractivity contribution in [3.63, 3.8) is 0 Å². The number of ether oxygens (including phenoxy) is 2. The summed E-state index contributed by atoms with van der Waals surface area (Å²) >= 11 is 0. The Morgan fingerprint density at radius 3 is 2.09 bits per heavy atom. The van der Waals surface area contributed by atoms with Crippen molar-refractivity contribution >= 4 is 23.2 Å². The van der Waals surface area contributed by atoms with Gasteiger partial charge < -0.3 is 29.4 Å². The van der Waals surface area contributed by atoms with E-state index in [9.17, 15) is 9.59 Å². The largest absolute Gasteiger partial charge is 0.497 e. The Balaban J connectivity index is 1.33. The minimum atomic E-state index is -0.724. The summed E-state index contributed by atoms with van der Waals surface area (Å²) in [5, 5.41) is 5.37. The predicted octanol–water partition coefficient (Wildman–Crippen LogP) is 2.92. The molecular formula is C26H30N4O5. The van der Waals surface area contributed by atoms with Gasteiger partial charge in [-0.15, -0.1) is 0 Å². The number of furan rings is 1. The van der Waals surface area contributed by atoms with Gasteiger partial charge in [0.1, 0.15) is 17.3 Å². The van der Waals surface area contributed by atoms with Crippen LogP contribution >= 0.6 is 0 Å². The van der Waals surface area contributed by atoms with Crippen molar-refractivity contribution in [2.24, 2.45) is 0 Å². The van der Waals surface area contributed by atoms with Gasteiger partial charge in [0.15, 0.2) is 0 Å². The van der Waals surface area contributed by atoms with Crippen molar-refractivity contribution in [1.29, 1.82) is 0 Å². The molecular weight excluding hydrogens is 448 g/mol. The molecule has 0 spiro atoms. The molecule has 9 nitrogen and oxygen atoms in total. The number of methoxy groups -OCH3 is 2. The van der Waals surface area contributed by atoms with Crippen molar-refractivity contribution < 1.29 is 23.5 Å². The fourth-order valence-corrected chi connectivity index (χ4v) is 4.11. The zero-order valence-electron chi connectivity index (χ0n) is 19.9. The summed E-state index contributed by atoms with van der Waals surface area (Å²) in [6, 6.07) is 18.4. The normalized spacial score (nSPS) is 14.7. The van der Waals surface area contributed by atoms with Gasteiger partial charge in [-0.1, -0.05) is 0 Å². The van der Waals surface area contributed by atoms with Crippen LogP contribution in [0.2, 0.25) is 0 Å².